The molecule has 0 atom stereocenters. The summed E-state index contributed by atoms with van der Waals surface area (Å²) >= 11 is 1.41. The van der Waals surface area contributed by atoms with Crippen molar-refractivity contribution >= 4 is 32.4 Å². The number of hydrogen-bond donors (Lipinski definition) is 2. The lowest BCUT2D eigenvalue weighted by Gasteiger charge is -2.05. The Morgan fingerprint density at radius 2 is 1.87 bits per heavy atom. The van der Waals surface area contributed by atoms with Crippen molar-refractivity contribution in [3.05, 3.63) is 70.1 Å². The molecule has 0 saturated heterocycles. The highest BCUT2D eigenvalue weighted by atomic mass is 32.2. The summed E-state index contributed by atoms with van der Waals surface area (Å²) in [5.74, 6) is -0.217. The third-order valence-corrected chi connectivity index (χ3v) is 6.60. The van der Waals surface area contributed by atoms with Gasteiger partial charge in [-0.3, -0.25) is 10.1 Å². The van der Waals surface area contributed by atoms with Gasteiger partial charge in [-0.1, -0.05) is 24.3 Å². The number of fused-ring (bicyclic) bond motifs is 1. The molecular formula is C22H23N3O3S2. The minimum absolute atomic E-state index is 0.217. The maximum Gasteiger partial charge on any atom is 0.257 e. The van der Waals surface area contributed by atoms with Crippen molar-refractivity contribution in [3.63, 3.8) is 0 Å². The number of anilines is 1. The van der Waals surface area contributed by atoms with Gasteiger partial charge in [-0.2, -0.15) is 0 Å². The zero-order valence-corrected chi connectivity index (χ0v) is 18.3. The van der Waals surface area contributed by atoms with E-state index in [2.05, 4.69) is 33.2 Å². The molecule has 3 aromatic rings. The van der Waals surface area contributed by atoms with Crippen molar-refractivity contribution in [1.29, 1.82) is 0 Å². The molecule has 1 heterocycles. The first-order valence-electron chi connectivity index (χ1n) is 9.80. The second-order valence-electron chi connectivity index (χ2n) is 7.44. The zero-order chi connectivity index (χ0) is 21.1. The number of nitrogens with zero attached hydrogens (tertiary/aromatic N) is 1. The SMILES string of the molecule is CS(=O)(=O)NCCc1ccc(C(=O)Nc2nc(-c3ccc4c(c3)CCC4)cs2)cc1. The van der Waals surface area contributed by atoms with Crippen LogP contribution in [0.5, 0.6) is 0 Å². The van der Waals surface area contributed by atoms with Crippen LogP contribution in [0.25, 0.3) is 11.3 Å². The molecule has 0 unspecified atom stereocenters. The van der Waals surface area contributed by atoms with E-state index in [0.717, 1.165) is 35.9 Å². The summed E-state index contributed by atoms with van der Waals surface area (Å²) in [4.78, 5) is 17.1. The van der Waals surface area contributed by atoms with Crippen molar-refractivity contribution in [2.45, 2.75) is 25.7 Å². The Balaban J connectivity index is 1.37. The molecule has 4 rings (SSSR count). The molecule has 0 fully saturated rings. The van der Waals surface area contributed by atoms with Crippen LogP contribution in [0, 0.1) is 0 Å². The van der Waals surface area contributed by atoms with E-state index >= 15 is 0 Å². The summed E-state index contributed by atoms with van der Waals surface area (Å²) in [6.45, 7) is 0.328. The molecule has 6 nitrogen and oxygen atoms in total. The van der Waals surface area contributed by atoms with E-state index in [1.165, 1.54) is 28.9 Å². The normalized spacial score (nSPS) is 13.2. The van der Waals surface area contributed by atoms with Gasteiger partial charge in [0.1, 0.15) is 0 Å². The third-order valence-electron chi connectivity index (χ3n) is 5.11. The van der Waals surface area contributed by atoms with Gasteiger partial charge in [0.05, 0.1) is 11.9 Å². The van der Waals surface area contributed by atoms with Gasteiger partial charge in [-0.15, -0.1) is 11.3 Å². The molecule has 1 amide bonds. The Kier molecular flexibility index (Phi) is 5.99. The maximum atomic E-state index is 12.5. The molecule has 8 heteroatoms. The van der Waals surface area contributed by atoms with Crippen LogP contribution in [0.2, 0.25) is 0 Å². The number of sulfonamides is 1. The number of aryl methyl sites for hydroxylation is 2. The van der Waals surface area contributed by atoms with E-state index in [1.54, 1.807) is 12.1 Å². The van der Waals surface area contributed by atoms with Gasteiger partial charge in [-0.25, -0.2) is 18.1 Å². The first-order chi connectivity index (χ1) is 14.4. The van der Waals surface area contributed by atoms with Crippen molar-refractivity contribution in [2.75, 3.05) is 18.1 Å². The second-order valence-corrected chi connectivity index (χ2v) is 10.1. The summed E-state index contributed by atoms with van der Waals surface area (Å²) < 4.78 is 24.7. The molecule has 1 aliphatic rings. The van der Waals surface area contributed by atoms with E-state index < -0.39 is 10.0 Å². The topological polar surface area (TPSA) is 88.2 Å². The fourth-order valence-electron chi connectivity index (χ4n) is 3.57. The van der Waals surface area contributed by atoms with Crippen molar-refractivity contribution in [1.82, 2.24) is 9.71 Å². The summed E-state index contributed by atoms with van der Waals surface area (Å²) in [6, 6.07) is 13.6. The molecule has 0 bridgehead atoms. The standard InChI is InChI=1S/C22H23N3O3S2/c1-30(27,28)23-12-11-15-5-7-17(8-6-15)21(26)25-22-24-20(14-29-22)19-10-9-16-3-2-4-18(16)13-19/h5-10,13-14,23H,2-4,11-12H2,1H3,(H,24,25,26). The summed E-state index contributed by atoms with van der Waals surface area (Å²) in [5, 5.41) is 5.39. The largest absolute Gasteiger partial charge is 0.298 e. The Bertz CT molecular complexity index is 1170. The van der Waals surface area contributed by atoms with Gasteiger partial charge in [0.15, 0.2) is 5.13 Å². The fourth-order valence-corrected chi connectivity index (χ4v) is 4.76. The van der Waals surface area contributed by atoms with E-state index in [1.807, 2.05) is 17.5 Å². The van der Waals surface area contributed by atoms with Crippen LogP contribution in [0.1, 0.15) is 33.5 Å². The highest BCUT2D eigenvalue weighted by Gasteiger charge is 2.14. The lowest BCUT2D eigenvalue weighted by atomic mass is 10.1. The van der Waals surface area contributed by atoms with E-state index in [9.17, 15) is 13.2 Å². The minimum Gasteiger partial charge on any atom is -0.298 e. The number of aromatic nitrogens is 1. The molecule has 0 spiro atoms. The van der Waals surface area contributed by atoms with Gasteiger partial charge >= 0.3 is 0 Å². The van der Waals surface area contributed by atoms with Crippen molar-refractivity contribution < 1.29 is 13.2 Å². The summed E-state index contributed by atoms with van der Waals surface area (Å²) in [5.41, 5.74) is 6.27. The molecule has 0 aliphatic heterocycles. The predicted molar refractivity (Wildman–Crippen MR) is 121 cm³/mol. The molecule has 2 aromatic carbocycles. The molecule has 1 aromatic heterocycles. The maximum absolute atomic E-state index is 12.5. The molecule has 1 aliphatic carbocycles. The van der Waals surface area contributed by atoms with E-state index in [4.69, 9.17) is 0 Å². The van der Waals surface area contributed by atoms with Gasteiger partial charge in [0.25, 0.3) is 5.91 Å². The molecule has 2 N–H and O–H groups in total. The average molecular weight is 442 g/mol. The molecule has 0 saturated carbocycles. The van der Waals surface area contributed by atoms with Gasteiger partial charge in [-0.05, 0) is 60.6 Å². The summed E-state index contributed by atoms with van der Waals surface area (Å²) in [7, 11) is -3.19. The van der Waals surface area contributed by atoms with Crippen LogP contribution in [0.4, 0.5) is 5.13 Å². The molecule has 0 radical (unpaired) electrons. The monoisotopic (exact) mass is 441 g/mol. The van der Waals surface area contributed by atoms with Gasteiger partial charge in [0, 0.05) is 23.1 Å². The van der Waals surface area contributed by atoms with Crippen molar-refractivity contribution in [3.8, 4) is 11.3 Å². The molecule has 30 heavy (non-hydrogen) atoms. The smallest absolute Gasteiger partial charge is 0.257 e. The predicted octanol–water partition coefficient (Wildman–Crippen LogP) is 3.64. The number of benzene rings is 2. The molecular weight excluding hydrogens is 418 g/mol. The Morgan fingerprint density at radius 1 is 1.10 bits per heavy atom. The van der Waals surface area contributed by atoms with Crippen LogP contribution in [0.15, 0.2) is 47.8 Å². The quantitative estimate of drug-likeness (QED) is 0.586. The number of hydrogen-bond acceptors (Lipinski definition) is 5. The Morgan fingerprint density at radius 3 is 2.63 bits per heavy atom. The Hall–Kier alpha value is -2.55. The highest BCUT2D eigenvalue weighted by Crippen LogP contribution is 2.30. The second kappa shape index (κ2) is 8.67. The number of nitrogens with one attached hydrogen (secondary N) is 2. The molecule has 156 valence electrons. The minimum atomic E-state index is -3.19. The number of amides is 1. The van der Waals surface area contributed by atoms with Gasteiger partial charge < -0.3 is 0 Å². The van der Waals surface area contributed by atoms with Gasteiger partial charge in [0.2, 0.25) is 10.0 Å². The van der Waals surface area contributed by atoms with Crippen LogP contribution in [0.3, 0.4) is 0 Å². The third kappa shape index (κ3) is 5.13. The fraction of sp³-hybridized carbons (Fsp3) is 0.273. The number of carbonyl (C=O) groups is 1. The van der Waals surface area contributed by atoms with E-state index in [-0.39, 0.29) is 5.91 Å². The van der Waals surface area contributed by atoms with Crippen LogP contribution < -0.4 is 10.0 Å². The highest BCUT2D eigenvalue weighted by molar-refractivity contribution is 7.88. The Labute approximate surface area is 180 Å². The van der Waals surface area contributed by atoms with Crippen LogP contribution in [-0.2, 0) is 29.3 Å². The first kappa shape index (κ1) is 20.7. The van der Waals surface area contributed by atoms with E-state index in [0.29, 0.717) is 23.7 Å². The van der Waals surface area contributed by atoms with Crippen LogP contribution >= 0.6 is 11.3 Å². The zero-order valence-electron chi connectivity index (χ0n) is 16.6. The number of thiazole rings is 1. The summed E-state index contributed by atoms with van der Waals surface area (Å²) in [6.07, 6.45) is 5.18. The van der Waals surface area contributed by atoms with Crippen LogP contribution in [-0.4, -0.2) is 32.1 Å². The number of carbonyl (C=O) groups excluding carboxylic acids is 1. The van der Waals surface area contributed by atoms with Crippen molar-refractivity contribution in [2.24, 2.45) is 0 Å². The average Bonchev–Trinajstić information content (AvgIpc) is 3.36. The first-order valence-corrected chi connectivity index (χ1v) is 12.6. The lowest BCUT2D eigenvalue weighted by molar-refractivity contribution is 0.102. The lowest BCUT2D eigenvalue weighted by Crippen LogP contribution is -2.24. The number of rotatable bonds is 7.